The van der Waals surface area contributed by atoms with Gasteiger partial charge in [0.25, 0.3) is 0 Å². The van der Waals surface area contributed by atoms with Gasteiger partial charge in [-0.15, -0.1) is 0 Å². The highest BCUT2D eigenvalue weighted by Gasteiger charge is 2.24. The summed E-state index contributed by atoms with van der Waals surface area (Å²) < 4.78 is 21.1. The van der Waals surface area contributed by atoms with Crippen molar-refractivity contribution in [2.24, 2.45) is 11.7 Å². The Morgan fingerprint density at radius 1 is 1.41 bits per heavy atom. The van der Waals surface area contributed by atoms with Gasteiger partial charge >= 0.3 is 5.97 Å². The van der Waals surface area contributed by atoms with Crippen molar-refractivity contribution in [3.63, 3.8) is 0 Å². The summed E-state index contributed by atoms with van der Waals surface area (Å²) in [7, 11) is 1.53. The molecule has 1 fully saturated rings. The van der Waals surface area contributed by atoms with Crippen LogP contribution in [0, 0.1) is 5.92 Å². The van der Waals surface area contributed by atoms with Gasteiger partial charge in [-0.3, -0.25) is 9.78 Å². The summed E-state index contributed by atoms with van der Waals surface area (Å²) in [5, 5.41) is 0. The molecule has 1 aromatic heterocycles. The molecule has 122 valence electrons. The molecule has 1 aliphatic rings. The molecule has 7 heteroatoms. The van der Waals surface area contributed by atoms with E-state index in [1.165, 1.54) is 7.11 Å². The normalized spacial score (nSPS) is 14.8. The van der Waals surface area contributed by atoms with Crippen LogP contribution in [0.4, 0.5) is 0 Å². The van der Waals surface area contributed by atoms with Gasteiger partial charge in [-0.25, -0.2) is 0 Å². The van der Waals surface area contributed by atoms with Crippen LogP contribution < -0.4 is 15.2 Å². The van der Waals surface area contributed by atoms with E-state index >= 15 is 0 Å². The lowest BCUT2D eigenvalue weighted by molar-refractivity contribution is -0.155. The molecule has 0 bridgehead atoms. The maximum Gasteiger partial charge on any atom is 0.311 e. The number of rotatable bonds is 8. The summed E-state index contributed by atoms with van der Waals surface area (Å²) in [5.74, 6) is 0.694. The van der Waals surface area contributed by atoms with Crippen molar-refractivity contribution in [2.75, 3.05) is 20.6 Å². The zero-order valence-corrected chi connectivity index (χ0v) is 12.7. The van der Waals surface area contributed by atoms with E-state index in [1.807, 2.05) is 0 Å². The molecule has 0 spiro atoms. The summed E-state index contributed by atoms with van der Waals surface area (Å²) in [5.41, 5.74) is 5.86. The van der Waals surface area contributed by atoms with Gasteiger partial charge in [0.1, 0.15) is 5.69 Å². The maximum atomic E-state index is 11.9. The smallest absolute Gasteiger partial charge is 0.311 e. The van der Waals surface area contributed by atoms with E-state index in [0.717, 1.165) is 25.7 Å². The number of carbonyl (C=O) groups excluding carboxylic acids is 1. The first-order valence-electron chi connectivity index (χ1n) is 7.35. The molecule has 0 aliphatic heterocycles. The van der Waals surface area contributed by atoms with Crippen LogP contribution in [0.3, 0.4) is 0 Å². The summed E-state index contributed by atoms with van der Waals surface area (Å²) in [6, 6.07) is 1.67. The first kappa shape index (κ1) is 16.5. The van der Waals surface area contributed by atoms with Crippen LogP contribution in [0.15, 0.2) is 12.3 Å². The number of ether oxygens (including phenoxy) is 4. The van der Waals surface area contributed by atoms with Crippen molar-refractivity contribution < 1.29 is 23.7 Å². The Hall–Kier alpha value is -1.86. The van der Waals surface area contributed by atoms with Gasteiger partial charge < -0.3 is 24.7 Å². The van der Waals surface area contributed by atoms with E-state index in [4.69, 9.17) is 24.7 Å². The van der Waals surface area contributed by atoms with Crippen LogP contribution in [0.5, 0.6) is 11.5 Å². The summed E-state index contributed by atoms with van der Waals surface area (Å²) in [6.07, 6.45) is 5.54. The summed E-state index contributed by atoms with van der Waals surface area (Å²) in [6.45, 7) is 0.0988. The minimum absolute atomic E-state index is 0.000521. The fourth-order valence-corrected chi connectivity index (χ4v) is 2.47. The standard InChI is InChI=1S/C15H22N2O5/c1-19-13-6-7-17-12(8-20-9-16)14(13)21-10-22-15(18)11-4-2-3-5-11/h6-7,11H,2-5,8-10,16H2,1H3. The van der Waals surface area contributed by atoms with Crippen LogP contribution in [0.2, 0.25) is 0 Å². The number of methoxy groups -OCH3 is 1. The topological polar surface area (TPSA) is 92.9 Å². The number of esters is 1. The zero-order valence-electron chi connectivity index (χ0n) is 12.7. The third-order valence-electron chi connectivity index (χ3n) is 3.61. The molecule has 0 atom stereocenters. The maximum absolute atomic E-state index is 11.9. The highest BCUT2D eigenvalue weighted by Crippen LogP contribution is 2.30. The fraction of sp³-hybridized carbons (Fsp3) is 0.600. The summed E-state index contributed by atoms with van der Waals surface area (Å²) in [4.78, 5) is 16.0. The minimum atomic E-state index is -0.208. The molecule has 2 rings (SSSR count). The highest BCUT2D eigenvalue weighted by atomic mass is 16.7. The van der Waals surface area contributed by atoms with Crippen molar-refractivity contribution in [3.8, 4) is 11.5 Å². The second kappa shape index (κ2) is 8.55. The minimum Gasteiger partial charge on any atom is -0.493 e. The van der Waals surface area contributed by atoms with Crippen molar-refractivity contribution in [3.05, 3.63) is 18.0 Å². The lowest BCUT2D eigenvalue weighted by Gasteiger charge is -2.15. The number of nitrogens with zero attached hydrogens (tertiary/aromatic N) is 1. The molecule has 22 heavy (non-hydrogen) atoms. The second-order valence-electron chi connectivity index (χ2n) is 5.01. The summed E-state index contributed by atoms with van der Waals surface area (Å²) >= 11 is 0. The van der Waals surface area contributed by atoms with E-state index in [9.17, 15) is 4.79 Å². The number of aromatic nitrogens is 1. The van der Waals surface area contributed by atoms with Crippen LogP contribution in [0.25, 0.3) is 0 Å². The van der Waals surface area contributed by atoms with E-state index in [0.29, 0.717) is 17.2 Å². The largest absolute Gasteiger partial charge is 0.493 e. The zero-order chi connectivity index (χ0) is 15.8. The predicted molar refractivity (Wildman–Crippen MR) is 78.2 cm³/mol. The second-order valence-corrected chi connectivity index (χ2v) is 5.01. The average Bonchev–Trinajstić information content (AvgIpc) is 3.08. The quantitative estimate of drug-likeness (QED) is 0.575. The number of pyridine rings is 1. The Balaban J connectivity index is 1.93. The molecular weight excluding hydrogens is 288 g/mol. The van der Waals surface area contributed by atoms with Crippen molar-refractivity contribution in [1.82, 2.24) is 4.98 Å². The molecule has 1 saturated carbocycles. The molecule has 0 unspecified atom stereocenters. The van der Waals surface area contributed by atoms with Gasteiger partial charge in [0.05, 0.1) is 26.4 Å². The van der Waals surface area contributed by atoms with Crippen molar-refractivity contribution in [1.29, 1.82) is 0 Å². The van der Waals surface area contributed by atoms with E-state index < -0.39 is 0 Å². The Bertz CT molecular complexity index is 489. The van der Waals surface area contributed by atoms with Gasteiger partial charge in [-0.1, -0.05) is 12.8 Å². The van der Waals surface area contributed by atoms with Gasteiger partial charge in [0, 0.05) is 12.3 Å². The number of hydrogen-bond acceptors (Lipinski definition) is 7. The monoisotopic (exact) mass is 310 g/mol. The molecule has 0 aromatic carbocycles. The van der Waals surface area contributed by atoms with E-state index in [1.54, 1.807) is 12.3 Å². The van der Waals surface area contributed by atoms with Gasteiger partial charge in [-0.05, 0) is 12.8 Å². The predicted octanol–water partition coefficient (Wildman–Crippen LogP) is 1.59. The van der Waals surface area contributed by atoms with Gasteiger partial charge in [0.15, 0.2) is 11.5 Å². The van der Waals surface area contributed by atoms with Crippen molar-refractivity contribution in [2.45, 2.75) is 32.3 Å². The van der Waals surface area contributed by atoms with Crippen molar-refractivity contribution >= 4 is 5.97 Å². The van der Waals surface area contributed by atoms with E-state index in [2.05, 4.69) is 4.98 Å². The molecule has 1 aromatic rings. The van der Waals surface area contributed by atoms with Crippen LogP contribution >= 0.6 is 0 Å². The average molecular weight is 310 g/mol. The Kier molecular flexibility index (Phi) is 6.42. The molecule has 1 aliphatic carbocycles. The molecule has 1 heterocycles. The first-order chi connectivity index (χ1) is 10.8. The molecular formula is C15H22N2O5. The Morgan fingerprint density at radius 2 is 2.18 bits per heavy atom. The van der Waals surface area contributed by atoms with E-state index in [-0.39, 0.29) is 32.0 Å². The third-order valence-corrected chi connectivity index (χ3v) is 3.61. The lowest BCUT2D eigenvalue weighted by Crippen LogP contribution is -2.18. The SMILES string of the molecule is COc1ccnc(COCN)c1OCOC(=O)C1CCCC1. The number of nitrogens with two attached hydrogens (primary N) is 1. The van der Waals surface area contributed by atoms with Crippen LogP contribution in [0.1, 0.15) is 31.4 Å². The molecule has 0 saturated heterocycles. The Labute approximate surface area is 129 Å². The Morgan fingerprint density at radius 3 is 2.86 bits per heavy atom. The molecule has 2 N–H and O–H groups in total. The van der Waals surface area contributed by atoms with Gasteiger partial charge in [0.2, 0.25) is 6.79 Å². The molecule has 0 amide bonds. The lowest BCUT2D eigenvalue weighted by atomic mass is 10.1. The van der Waals surface area contributed by atoms with Gasteiger partial charge in [-0.2, -0.15) is 0 Å². The fourth-order valence-electron chi connectivity index (χ4n) is 2.47. The molecule has 7 nitrogen and oxygen atoms in total. The van der Waals surface area contributed by atoms with Crippen LogP contribution in [-0.4, -0.2) is 31.6 Å². The molecule has 0 radical (unpaired) electrons. The highest BCUT2D eigenvalue weighted by molar-refractivity contribution is 5.72. The van der Waals surface area contributed by atoms with Crippen LogP contribution in [-0.2, 0) is 20.9 Å². The number of hydrogen-bond donors (Lipinski definition) is 1. The first-order valence-corrected chi connectivity index (χ1v) is 7.35. The number of carbonyl (C=O) groups is 1. The third kappa shape index (κ3) is 4.32.